The average molecular weight is 213 g/mol. The van der Waals surface area contributed by atoms with Crippen molar-refractivity contribution in [2.45, 2.75) is 39.1 Å². The molecule has 2 nitrogen and oxygen atoms in total. The monoisotopic (exact) mass is 213 g/mol. The van der Waals surface area contributed by atoms with Crippen molar-refractivity contribution in [3.8, 4) is 0 Å². The van der Waals surface area contributed by atoms with Gasteiger partial charge < -0.3 is 10.1 Å². The van der Waals surface area contributed by atoms with Crippen molar-refractivity contribution >= 4 is 0 Å². The Hall–Kier alpha value is -0.290. The predicted molar refractivity (Wildman–Crippen MR) is 49.2 cm³/mol. The average Bonchev–Trinajstić information content (AvgIpc) is 2.02. The molecule has 0 aliphatic heterocycles. The third kappa shape index (κ3) is 4.81. The number of nitrogens with one attached hydrogen (secondary N) is 1. The van der Waals surface area contributed by atoms with Crippen LogP contribution in [0.1, 0.15) is 20.8 Å². The molecule has 0 aliphatic carbocycles. The standard InChI is InChI=1S/C9H18F3NO/c1-6(2)8(13-4)5-14-7(3)9(10,11)12/h6-8,13H,5H2,1-4H3. The molecule has 86 valence electrons. The Bertz CT molecular complexity index is 157. The summed E-state index contributed by atoms with van der Waals surface area (Å²) in [6, 6.07) is -0.0419. The maximum Gasteiger partial charge on any atom is 0.414 e. The van der Waals surface area contributed by atoms with Gasteiger partial charge in [0.15, 0.2) is 6.10 Å². The summed E-state index contributed by atoms with van der Waals surface area (Å²) in [5, 5.41) is 2.92. The second kappa shape index (κ2) is 5.56. The van der Waals surface area contributed by atoms with Crippen molar-refractivity contribution < 1.29 is 17.9 Å². The van der Waals surface area contributed by atoms with Gasteiger partial charge in [0.05, 0.1) is 6.61 Å². The number of hydrogen-bond acceptors (Lipinski definition) is 2. The molecule has 0 saturated heterocycles. The van der Waals surface area contributed by atoms with Crippen LogP contribution < -0.4 is 5.32 Å². The van der Waals surface area contributed by atoms with Gasteiger partial charge in [-0.15, -0.1) is 0 Å². The summed E-state index contributed by atoms with van der Waals surface area (Å²) in [6.07, 6.45) is -5.97. The summed E-state index contributed by atoms with van der Waals surface area (Å²) in [5.74, 6) is 0.250. The zero-order valence-corrected chi connectivity index (χ0v) is 8.98. The number of hydrogen-bond donors (Lipinski definition) is 1. The fraction of sp³-hybridized carbons (Fsp3) is 1.00. The number of alkyl halides is 3. The Morgan fingerprint density at radius 3 is 2.00 bits per heavy atom. The molecular weight excluding hydrogens is 195 g/mol. The predicted octanol–water partition coefficient (Wildman–Crippen LogP) is 2.20. The van der Waals surface area contributed by atoms with Crippen molar-refractivity contribution in [3.63, 3.8) is 0 Å². The van der Waals surface area contributed by atoms with Crippen LogP contribution in [0.5, 0.6) is 0 Å². The van der Waals surface area contributed by atoms with Gasteiger partial charge in [-0.3, -0.25) is 0 Å². The van der Waals surface area contributed by atoms with E-state index in [-0.39, 0.29) is 18.6 Å². The highest BCUT2D eigenvalue weighted by atomic mass is 19.4. The minimum atomic E-state index is -4.27. The lowest BCUT2D eigenvalue weighted by Gasteiger charge is -2.23. The molecular formula is C9H18F3NO. The molecule has 0 amide bonds. The van der Waals surface area contributed by atoms with Gasteiger partial charge in [-0.2, -0.15) is 13.2 Å². The highest BCUT2D eigenvalue weighted by Crippen LogP contribution is 2.22. The van der Waals surface area contributed by atoms with E-state index >= 15 is 0 Å². The Kier molecular flexibility index (Phi) is 5.44. The molecule has 0 fully saturated rings. The van der Waals surface area contributed by atoms with Crippen LogP contribution in [0.25, 0.3) is 0 Å². The molecule has 0 radical (unpaired) electrons. The van der Waals surface area contributed by atoms with Crippen LogP contribution >= 0.6 is 0 Å². The molecule has 0 rings (SSSR count). The summed E-state index contributed by atoms with van der Waals surface area (Å²) >= 11 is 0. The van der Waals surface area contributed by atoms with E-state index in [1.54, 1.807) is 7.05 Å². The van der Waals surface area contributed by atoms with Crippen LogP contribution in [-0.2, 0) is 4.74 Å². The van der Waals surface area contributed by atoms with Crippen molar-refractivity contribution in [2.75, 3.05) is 13.7 Å². The van der Waals surface area contributed by atoms with Crippen LogP contribution in [-0.4, -0.2) is 32.0 Å². The van der Waals surface area contributed by atoms with Gasteiger partial charge in [-0.1, -0.05) is 13.8 Å². The highest BCUT2D eigenvalue weighted by molar-refractivity contribution is 4.69. The summed E-state index contributed by atoms with van der Waals surface area (Å²) in [6.45, 7) is 4.97. The number of rotatable bonds is 5. The molecule has 0 bridgehead atoms. The van der Waals surface area contributed by atoms with Crippen molar-refractivity contribution in [1.82, 2.24) is 5.32 Å². The van der Waals surface area contributed by atoms with Gasteiger partial charge in [0.2, 0.25) is 0 Å². The smallest absolute Gasteiger partial charge is 0.367 e. The van der Waals surface area contributed by atoms with Gasteiger partial charge in [0.1, 0.15) is 0 Å². The topological polar surface area (TPSA) is 21.3 Å². The first-order valence-electron chi connectivity index (χ1n) is 4.64. The fourth-order valence-electron chi connectivity index (χ4n) is 0.952. The summed E-state index contributed by atoms with van der Waals surface area (Å²) in [7, 11) is 1.71. The molecule has 0 aromatic carbocycles. The van der Waals surface area contributed by atoms with Gasteiger partial charge in [-0.25, -0.2) is 0 Å². The molecule has 0 spiro atoms. The number of halogens is 3. The van der Waals surface area contributed by atoms with Gasteiger partial charge >= 0.3 is 6.18 Å². The van der Waals surface area contributed by atoms with Crippen molar-refractivity contribution in [2.24, 2.45) is 5.92 Å². The van der Waals surface area contributed by atoms with E-state index in [1.807, 2.05) is 13.8 Å². The Morgan fingerprint density at radius 1 is 1.21 bits per heavy atom. The zero-order chi connectivity index (χ0) is 11.4. The first-order chi connectivity index (χ1) is 6.29. The summed E-state index contributed by atoms with van der Waals surface area (Å²) < 4.78 is 40.9. The second-order valence-corrected chi connectivity index (χ2v) is 3.66. The maximum absolute atomic E-state index is 12.1. The highest BCUT2D eigenvalue weighted by Gasteiger charge is 2.37. The Morgan fingerprint density at radius 2 is 1.71 bits per heavy atom. The molecule has 2 atom stereocenters. The maximum atomic E-state index is 12.1. The number of ether oxygens (including phenoxy) is 1. The van der Waals surface area contributed by atoms with Crippen molar-refractivity contribution in [3.05, 3.63) is 0 Å². The molecule has 1 N–H and O–H groups in total. The molecule has 14 heavy (non-hydrogen) atoms. The lowest BCUT2D eigenvalue weighted by Crippen LogP contribution is -2.39. The van der Waals surface area contributed by atoms with Gasteiger partial charge in [0.25, 0.3) is 0 Å². The molecule has 2 unspecified atom stereocenters. The largest absolute Gasteiger partial charge is 0.414 e. The Labute approximate surface area is 82.8 Å². The Balaban J connectivity index is 3.92. The second-order valence-electron chi connectivity index (χ2n) is 3.66. The van der Waals surface area contributed by atoms with Crippen LogP contribution in [0.3, 0.4) is 0 Å². The number of likely N-dealkylation sites (N-methyl/N-ethyl adjacent to an activating group) is 1. The lowest BCUT2D eigenvalue weighted by molar-refractivity contribution is -0.216. The first kappa shape index (κ1) is 13.7. The van der Waals surface area contributed by atoms with Crippen LogP contribution in [0, 0.1) is 5.92 Å². The molecule has 5 heteroatoms. The van der Waals surface area contributed by atoms with Crippen LogP contribution in [0.2, 0.25) is 0 Å². The lowest BCUT2D eigenvalue weighted by atomic mass is 10.1. The van der Waals surface area contributed by atoms with E-state index in [9.17, 15) is 13.2 Å². The van der Waals surface area contributed by atoms with E-state index in [0.717, 1.165) is 6.92 Å². The summed E-state index contributed by atoms with van der Waals surface area (Å²) in [5.41, 5.74) is 0. The van der Waals surface area contributed by atoms with E-state index in [4.69, 9.17) is 4.74 Å². The molecule has 0 saturated carbocycles. The van der Waals surface area contributed by atoms with E-state index in [1.165, 1.54) is 0 Å². The van der Waals surface area contributed by atoms with Crippen LogP contribution in [0.4, 0.5) is 13.2 Å². The minimum absolute atomic E-state index is 0.0419. The SMILES string of the molecule is CNC(COC(C)C(F)(F)F)C(C)C. The van der Waals surface area contributed by atoms with Gasteiger partial charge in [-0.05, 0) is 19.9 Å². The summed E-state index contributed by atoms with van der Waals surface area (Å²) in [4.78, 5) is 0. The van der Waals surface area contributed by atoms with E-state index in [0.29, 0.717) is 0 Å². The molecule has 0 aromatic rings. The van der Waals surface area contributed by atoms with E-state index < -0.39 is 12.3 Å². The van der Waals surface area contributed by atoms with Gasteiger partial charge in [0, 0.05) is 6.04 Å². The van der Waals surface area contributed by atoms with Crippen LogP contribution in [0.15, 0.2) is 0 Å². The fourth-order valence-corrected chi connectivity index (χ4v) is 0.952. The first-order valence-corrected chi connectivity index (χ1v) is 4.64. The zero-order valence-electron chi connectivity index (χ0n) is 8.98. The molecule has 0 aromatic heterocycles. The minimum Gasteiger partial charge on any atom is -0.367 e. The normalized spacial score (nSPS) is 17.1. The molecule has 0 aliphatic rings. The van der Waals surface area contributed by atoms with Crippen molar-refractivity contribution in [1.29, 1.82) is 0 Å². The molecule has 0 heterocycles. The third-order valence-corrected chi connectivity index (χ3v) is 2.16. The quantitative estimate of drug-likeness (QED) is 0.756. The van der Waals surface area contributed by atoms with E-state index in [2.05, 4.69) is 5.32 Å². The third-order valence-electron chi connectivity index (χ3n) is 2.16.